The fourth-order valence-corrected chi connectivity index (χ4v) is 2.11. The molecule has 3 nitrogen and oxygen atoms in total. The minimum absolute atomic E-state index is 0.0475. The first kappa shape index (κ1) is 8.68. The first-order valence-corrected chi connectivity index (χ1v) is 5.03. The van der Waals surface area contributed by atoms with Crippen LogP contribution < -0.4 is 0 Å². The molecule has 0 bridgehead atoms. The van der Waals surface area contributed by atoms with E-state index in [4.69, 9.17) is 4.74 Å². The van der Waals surface area contributed by atoms with Gasteiger partial charge in [0, 0.05) is 11.6 Å². The average Bonchev–Trinajstić information content (AvgIpc) is 2.84. The van der Waals surface area contributed by atoms with Crippen LogP contribution in [-0.2, 0) is 9.53 Å². The normalized spacial score (nSPS) is 28.5. The van der Waals surface area contributed by atoms with Crippen LogP contribution in [0.5, 0.6) is 0 Å². The number of fused-ring (bicyclic) bond motifs is 1. The number of carbonyl (C=O) groups is 1. The molecule has 0 N–H and O–H groups in total. The summed E-state index contributed by atoms with van der Waals surface area (Å²) < 4.78 is 5.63. The third-order valence-electron chi connectivity index (χ3n) is 2.83. The highest BCUT2D eigenvalue weighted by atomic mass is 16.5. The van der Waals surface area contributed by atoms with Crippen molar-refractivity contribution in [1.82, 2.24) is 4.90 Å². The molecule has 76 valence electrons. The molecule has 2 aliphatic heterocycles. The molecule has 1 saturated heterocycles. The molecule has 0 radical (unpaired) electrons. The third kappa shape index (κ3) is 1.27. The summed E-state index contributed by atoms with van der Waals surface area (Å²) in [4.78, 5) is 13.4. The molecular weight excluding hydrogens is 190 g/mol. The van der Waals surface area contributed by atoms with Crippen LogP contribution in [0.2, 0.25) is 0 Å². The van der Waals surface area contributed by atoms with Crippen LogP contribution in [0.15, 0.2) is 42.5 Å². The molecule has 3 heteroatoms. The number of carbonyl (C=O) groups excluding carboxylic acids is 1. The lowest BCUT2D eigenvalue weighted by Crippen LogP contribution is -2.31. The molecule has 2 heterocycles. The van der Waals surface area contributed by atoms with Gasteiger partial charge in [0.2, 0.25) is 5.91 Å². The summed E-state index contributed by atoms with van der Waals surface area (Å²) in [5.41, 5.74) is 1.04. The Labute approximate surface area is 88.0 Å². The second kappa shape index (κ2) is 3.21. The molecule has 1 aromatic rings. The Kier molecular flexibility index (Phi) is 1.86. The third-order valence-corrected chi connectivity index (χ3v) is 2.83. The molecule has 1 aromatic carbocycles. The Morgan fingerprint density at radius 1 is 1.27 bits per heavy atom. The predicted molar refractivity (Wildman–Crippen MR) is 54.9 cm³/mol. The van der Waals surface area contributed by atoms with E-state index in [2.05, 4.69) is 0 Å². The van der Waals surface area contributed by atoms with Gasteiger partial charge in [-0.25, -0.2) is 0 Å². The van der Waals surface area contributed by atoms with Gasteiger partial charge in [0.05, 0.1) is 12.6 Å². The summed E-state index contributed by atoms with van der Waals surface area (Å²) in [5, 5.41) is 0. The van der Waals surface area contributed by atoms with Crippen LogP contribution in [0.25, 0.3) is 0 Å². The lowest BCUT2D eigenvalue weighted by Gasteiger charge is -2.22. The largest absolute Gasteiger partial charge is 0.351 e. The zero-order valence-corrected chi connectivity index (χ0v) is 8.17. The Morgan fingerprint density at radius 2 is 2.07 bits per heavy atom. The smallest absolute Gasteiger partial charge is 0.249 e. The van der Waals surface area contributed by atoms with Gasteiger partial charge < -0.3 is 9.64 Å². The van der Waals surface area contributed by atoms with Crippen LogP contribution in [0, 0.1) is 0 Å². The van der Waals surface area contributed by atoms with E-state index >= 15 is 0 Å². The van der Waals surface area contributed by atoms with E-state index in [1.54, 1.807) is 11.0 Å². The number of hydrogen-bond donors (Lipinski definition) is 0. The molecule has 2 aliphatic rings. The van der Waals surface area contributed by atoms with Crippen molar-refractivity contribution in [2.45, 2.75) is 12.3 Å². The number of nitrogens with zero attached hydrogens (tertiary/aromatic N) is 1. The van der Waals surface area contributed by atoms with Crippen molar-refractivity contribution in [3.8, 4) is 0 Å². The molecule has 1 unspecified atom stereocenters. The van der Waals surface area contributed by atoms with Crippen molar-refractivity contribution in [3.05, 3.63) is 48.0 Å². The second-order valence-corrected chi connectivity index (χ2v) is 3.77. The van der Waals surface area contributed by atoms with Crippen molar-refractivity contribution in [2.75, 3.05) is 6.61 Å². The first-order chi connectivity index (χ1) is 7.36. The molecule has 1 fully saturated rings. The zero-order valence-electron chi connectivity index (χ0n) is 8.17. The van der Waals surface area contributed by atoms with Crippen LogP contribution >= 0.6 is 0 Å². The lowest BCUT2D eigenvalue weighted by molar-refractivity contribution is -0.130. The SMILES string of the molecule is O=C1C=C[C@@H]2COC(c3ccccc3)N12. The highest BCUT2D eigenvalue weighted by Gasteiger charge is 2.39. The van der Waals surface area contributed by atoms with Gasteiger partial charge in [-0.2, -0.15) is 0 Å². The summed E-state index contributed by atoms with van der Waals surface area (Å²) in [6, 6.07) is 9.97. The van der Waals surface area contributed by atoms with E-state index in [0.717, 1.165) is 5.56 Å². The first-order valence-electron chi connectivity index (χ1n) is 5.03. The van der Waals surface area contributed by atoms with E-state index in [-0.39, 0.29) is 18.2 Å². The van der Waals surface area contributed by atoms with Gasteiger partial charge in [-0.15, -0.1) is 0 Å². The summed E-state index contributed by atoms with van der Waals surface area (Å²) in [7, 11) is 0. The molecule has 0 saturated carbocycles. The summed E-state index contributed by atoms with van der Waals surface area (Å²) in [5.74, 6) is 0.0475. The predicted octanol–water partition coefficient (Wildman–Crippen LogP) is 1.48. The van der Waals surface area contributed by atoms with Crippen molar-refractivity contribution in [3.63, 3.8) is 0 Å². The van der Waals surface area contributed by atoms with Crippen molar-refractivity contribution < 1.29 is 9.53 Å². The Hall–Kier alpha value is -1.61. The number of ether oxygens (including phenoxy) is 1. The molecule has 0 aromatic heterocycles. The Bertz CT molecular complexity index is 413. The van der Waals surface area contributed by atoms with Crippen LogP contribution in [0.3, 0.4) is 0 Å². The van der Waals surface area contributed by atoms with Crippen LogP contribution in [0.1, 0.15) is 11.8 Å². The summed E-state index contributed by atoms with van der Waals surface area (Å²) in [6.45, 7) is 0.599. The fourth-order valence-electron chi connectivity index (χ4n) is 2.11. The van der Waals surface area contributed by atoms with Crippen molar-refractivity contribution >= 4 is 5.91 Å². The van der Waals surface area contributed by atoms with Gasteiger partial charge in [-0.05, 0) is 0 Å². The highest BCUT2D eigenvalue weighted by molar-refractivity contribution is 5.91. The van der Waals surface area contributed by atoms with Gasteiger partial charge in [0.15, 0.2) is 6.23 Å². The number of hydrogen-bond acceptors (Lipinski definition) is 2. The van der Waals surface area contributed by atoms with E-state index in [1.807, 2.05) is 36.4 Å². The highest BCUT2D eigenvalue weighted by Crippen LogP contribution is 2.33. The molecular formula is C12H11NO2. The number of benzene rings is 1. The van der Waals surface area contributed by atoms with Crippen LogP contribution in [0.4, 0.5) is 0 Å². The maximum absolute atomic E-state index is 11.6. The molecule has 3 rings (SSSR count). The maximum Gasteiger partial charge on any atom is 0.249 e. The molecule has 0 spiro atoms. The van der Waals surface area contributed by atoms with Gasteiger partial charge in [-0.3, -0.25) is 4.79 Å². The minimum Gasteiger partial charge on any atom is -0.351 e. The Balaban J connectivity index is 1.93. The monoisotopic (exact) mass is 201 g/mol. The van der Waals surface area contributed by atoms with E-state index < -0.39 is 0 Å². The molecule has 2 atom stereocenters. The average molecular weight is 201 g/mol. The minimum atomic E-state index is -0.210. The number of amides is 1. The summed E-state index contributed by atoms with van der Waals surface area (Å²) in [6.07, 6.45) is 3.33. The van der Waals surface area contributed by atoms with Crippen molar-refractivity contribution in [1.29, 1.82) is 0 Å². The molecule has 15 heavy (non-hydrogen) atoms. The van der Waals surface area contributed by atoms with Crippen LogP contribution in [-0.4, -0.2) is 23.5 Å². The van der Waals surface area contributed by atoms with E-state index in [1.165, 1.54) is 0 Å². The summed E-state index contributed by atoms with van der Waals surface area (Å²) >= 11 is 0. The second-order valence-electron chi connectivity index (χ2n) is 3.77. The van der Waals surface area contributed by atoms with Gasteiger partial charge >= 0.3 is 0 Å². The lowest BCUT2D eigenvalue weighted by atomic mass is 10.2. The zero-order chi connectivity index (χ0) is 10.3. The maximum atomic E-state index is 11.6. The van der Waals surface area contributed by atoms with Gasteiger partial charge in [0.1, 0.15) is 0 Å². The number of rotatable bonds is 1. The Morgan fingerprint density at radius 3 is 2.87 bits per heavy atom. The molecule has 1 amide bonds. The van der Waals surface area contributed by atoms with E-state index in [0.29, 0.717) is 6.61 Å². The standard InChI is InChI=1S/C12H11NO2/c14-11-7-6-10-8-15-12(13(10)11)9-4-2-1-3-5-9/h1-7,10,12H,8H2/t10-,12?/m1/s1. The molecule has 0 aliphatic carbocycles. The quantitative estimate of drug-likeness (QED) is 0.688. The topological polar surface area (TPSA) is 29.5 Å². The van der Waals surface area contributed by atoms with Gasteiger partial charge in [0.25, 0.3) is 0 Å². The van der Waals surface area contributed by atoms with Crippen molar-refractivity contribution in [2.24, 2.45) is 0 Å². The van der Waals surface area contributed by atoms with Gasteiger partial charge in [-0.1, -0.05) is 36.4 Å². The fraction of sp³-hybridized carbons (Fsp3) is 0.250. The van der Waals surface area contributed by atoms with E-state index in [9.17, 15) is 4.79 Å².